The van der Waals surface area contributed by atoms with Crippen molar-refractivity contribution in [2.45, 2.75) is 32.1 Å². The van der Waals surface area contributed by atoms with Crippen molar-refractivity contribution in [2.75, 3.05) is 13.2 Å². The number of aromatic nitrogens is 3. The van der Waals surface area contributed by atoms with Gasteiger partial charge in [0.15, 0.2) is 5.69 Å². The molecule has 6 heteroatoms. The molecule has 2 fully saturated rings. The predicted molar refractivity (Wildman–Crippen MR) is 68.4 cm³/mol. The van der Waals surface area contributed by atoms with E-state index in [1.54, 1.807) is 13.2 Å². The number of nitrogens with zero attached hydrogens (tertiary/aromatic N) is 3. The van der Waals surface area contributed by atoms with E-state index in [0.717, 1.165) is 12.8 Å². The van der Waals surface area contributed by atoms with Crippen LogP contribution >= 0.6 is 0 Å². The summed E-state index contributed by atoms with van der Waals surface area (Å²) in [5, 5.41) is 20.0. The fraction of sp³-hybridized carbons (Fsp3) is 0.769. The van der Waals surface area contributed by atoms with E-state index < -0.39 is 0 Å². The van der Waals surface area contributed by atoms with E-state index in [4.69, 9.17) is 0 Å². The summed E-state index contributed by atoms with van der Waals surface area (Å²) in [7, 11) is 1.73. The Balaban J connectivity index is 1.55. The minimum atomic E-state index is -0.213. The fourth-order valence-electron chi connectivity index (χ4n) is 3.67. The number of aliphatic hydroxyl groups is 1. The van der Waals surface area contributed by atoms with Crippen molar-refractivity contribution < 1.29 is 9.90 Å². The van der Waals surface area contributed by atoms with Crippen molar-refractivity contribution in [3.05, 3.63) is 11.9 Å². The topological polar surface area (TPSA) is 80.0 Å². The van der Waals surface area contributed by atoms with Crippen LogP contribution in [-0.2, 0) is 7.05 Å². The first-order valence-electron chi connectivity index (χ1n) is 6.82. The van der Waals surface area contributed by atoms with Crippen molar-refractivity contribution in [1.29, 1.82) is 0 Å². The highest BCUT2D eigenvalue weighted by molar-refractivity contribution is 5.91. The Kier molecular flexibility index (Phi) is 2.85. The summed E-state index contributed by atoms with van der Waals surface area (Å²) < 4.78 is 1.50. The van der Waals surface area contributed by atoms with E-state index in [1.807, 2.05) is 0 Å². The number of amides is 1. The Morgan fingerprint density at radius 1 is 1.53 bits per heavy atom. The second-order valence-electron chi connectivity index (χ2n) is 6.33. The van der Waals surface area contributed by atoms with E-state index in [9.17, 15) is 9.90 Å². The van der Waals surface area contributed by atoms with Gasteiger partial charge >= 0.3 is 0 Å². The normalized spacial score (nSPS) is 22.6. The average molecular weight is 264 g/mol. The van der Waals surface area contributed by atoms with Crippen LogP contribution in [0.4, 0.5) is 0 Å². The number of nitrogens with one attached hydrogen (secondary N) is 1. The zero-order valence-corrected chi connectivity index (χ0v) is 11.2. The molecule has 2 aliphatic rings. The van der Waals surface area contributed by atoms with E-state index in [2.05, 4.69) is 15.6 Å². The van der Waals surface area contributed by atoms with Crippen LogP contribution in [0.2, 0.25) is 0 Å². The van der Waals surface area contributed by atoms with Gasteiger partial charge < -0.3 is 10.4 Å². The van der Waals surface area contributed by atoms with Crippen molar-refractivity contribution >= 4 is 5.91 Å². The van der Waals surface area contributed by atoms with Gasteiger partial charge in [-0.2, -0.15) is 0 Å². The quantitative estimate of drug-likeness (QED) is 0.829. The molecule has 2 aliphatic carbocycles. The molecule has 1 aromatic rings. The van der Waals surface area contributed by atoms with Gasteiger partial charge in [-0.05, 0) is 31.1 Å². The van der Waals surface area contributed by atoms with Gasteiger partial charge in [0.25, 0.3) is 5.91 Å². The van der Waals surface area contributed by atoms with Crippen LogP contribution in [0.3, 0.4) is 0 Å². The van der Waals surface area contributed by atoms with Gasteiger partial charge in [-0.1, -0.05) is 11.6 Å². The molecule has 1 spiro atoms. The Morgan fingerprint density at radius 3 is 2.74 bits per heavy atom. The minimum absolute atomic E-state index is 0.113. The molecule has 0 unspecified atom stereocenters. The van der Waals surface area contributed by atoms with Crippen LogP contribution in [0.25, 0.3) is 0 Å². The van der Waals surface area contributed by atoms with Crippen LogP contribution in [0.15, 0.2) is 6.20 Å². The lowest BCUT2D eigenvalue weighted by atomic mass is 9.45. The molecule has 0 atom stereocenters. The molecule has 2 N–H and O–H groups in total. The van der Waals surface area contributed by atoms with Crippen LogP contribution in [0.5, 0.6) is 0 Å². The highest BCUT2D eigenvalue weighted by Gasteiger charge is 2.56. The van der Waals surface area contributed by atoms with Gasteiger partial charge in [0, 0.05) is 19.0 Å². The predicted octanol–water partition coefficient (Wildman–Crippen LogP) is 0.488. The SMILES string of the molecule is Cn1cc(C(=O)NCC2(CO)CC3(CCC3)C2)nn1. The second kappa shape index (κ2) is 4.30. The van der Waals surface area contributed by atoms with E-state index in [-0.39, 0.29) is 17.9 Å². The first kappa shape index (κ1) is 12.6. The summed E-state index contributed by atoms with van der Waals surface area (Å²) in [6, 6.07) is 0. The number of aliphatic hydroxyl groups excluding tert-OH is 1. The van der Waals surface area contributed by atoms with Gasteiger partial charge in [0.05, 0.1) is 12.8 Å². The van der Waals surface area contributed by atoms with E-state index in [0.29, 0.717) is 17.7 Å². The highest BCUT2D eigenvalue weighted by atomic mass is 16.3. The number of hydrogen-bond acceptors (Lipinski definition) is 4. The molecule has 0 aromatic carbocycles. The van der Waals surface area contributed by atoms with Gasteiger partial charge in [0.1, 0.15) is 0 Å². The smallest absolute Gasteiger partial charge is 0.273 e. The first-order chi connectivity index (χ1) is 9.06. The molecule has 104 valence electrons. The molecule has 0 saturated heterocycles. The summed E-state index contributed by atoms with van der Waals surface area (Å²) in [4.78, 5) is 11.9. The molecule has 19 heavy (non-hydrogen) atoms. The molecule has 1 heterocycles. The monoisotopic (exact) mass is 264 g/mol. The third-order valence-corrected chi connectivity index (χ3v) is 4.71. The molecule has 2 saturated carbocycles. The largest absolute Gasteiger partial charge is 0.396 e. The Labute approximate surface area is 112 Å². The van der Waals surface area contributed by atoms with Gasteiger partial charge in [-0.15, -0.1) is 5.10 Å². The van der Waals surface area contributed by atoms with Crippen LogP contribution in [0.1, 0.15) is 42.6 Å². The molecular formula is C13H20N4O2. The molecule has 3 rings (SSSR count). The molecular weight excluding hydrogens is 244 g/mol. The lowest BCUT2D eigenvalue weighted by Gasteiger charge is -2.60. The molecule has 0 radical (unpaired) electrons. The Bertz CT molecular complexity index is 485. The standard InChI is InChI=1S/C13H20N4O2/c1-17-5-10(15-16-17)11(19)14-8-13(9-18)6-12(7-13)3-2-4-12/h5,18H,2-4,6-9H2,1H3,(H,14,19). The number of carbonyl (C=O) groups excluding carboxylic acids is 1. The lowest BCUT2D eigenvalue weighted by Crippen LogP contribution is -2.57. The van der Waals surface area contributed by atoms with Gasteiger partial charge in [-0.3, -0.25) is 9.48 Å². The third kappa shape index (κ3) is 2.14. The van der Waals surface area contributed by atoms with Crippen LogP contribution < -0.4 is 5.32 Å². The van der Waals surface area contributed by atoms with Crippen molar-refractivity contribution in [3.8, 4) is 0 Å². The van der Waals surface area contributed by atoms with Gasteiger partial charge in [0.2, 0.25) is 0 Å². The maximum Gasteiger partial charge on any atom is 0.273 e. The number of carbonyl (C=O) groups is 1. The molecule has 0 aliphatic heterocycles. The number of aryl methyl sites for hydroxylation is 1. The van der Waals surface area contributed by atoms with E-state index >= 15 is 0 Å². The summed E-state index contributed by atoms with van der Waals surface area (Å²) >= 11 is 0. The summed E-state index contributed by atoms with van der Waals surface area (Å²) in [6.07, 6.45) is 7.55. The van der Waals surface area contributed by atoms with Crippen molar-refractivity contribution in [2.24, 2.45) is 17.9 Å². The minimum Gasteiger partial charge on any atom is -0.396 e. The van der Waals surface area contributed by atoms with Gasteiger partial charge in [-0.25, -0.2) is 0 Å². The van der Waals surface area contributed by atoms with Crippen molar-refractivity contribution in [3.63, 3.8) is 0 Å². The van der Waals surface area contributed by atoms with Crippen molar-refractivity contribution in [1.82, 2.24) is 20.3 Å². The fourth-order valence-corrected chi connectivity index (χ4v) is 3.67. The van der Waals surface area contributed by atoms with Crippen LogP contribution in [-0.4, -0.2) is 39.2 Å². The lowest BCUT2D eigenvalue weighted by molar-refractivity contribution is -0.118. The molecule has 0 bridgehead atoms. The van der Waals surface area contributed by atoms with E-state index in [1.165, 1.54) is 23.9 Å². The second-order valence-corrected chi connectivity index (χ2v) is 6.33. The Hall–Kier alpha value is -1.43. The maximum atomic E-state index is 11.9. The summed E-state index contributed by atoms with van der Waals surface area (Å²) in [6.45, 7) is 0.677. The Morgan fingerprint density at radius 2 is 2.26 bits per heavy atom. The highest BCUT2D eigenvalue weighted by Crippen LogP contribution is 2.63. The molecule has 6 nitrogen and oxygen atoms in total. The molecule has 1 aromatic heterocycles. The first-order valence-corrected chi connectivity index (χ1v) is 6.82. The number of rotatable bonds is 4. The van der Waals surface area contributed by atoms with Crippen LogP contribution in [0, 0.1) is 10.8 Å². The number of hydrogen-bond donors (Lipinski definition) is 2. The third-order valence-electron chi connectivity index (χ3n) is 4.71. The zero-order valence-electron chi connectivity index (χ0n) is 11.2. The summed E-state index contributed by atoms with van der Waals surface area (Å²) in [5.74, 6) is -0.213. The summed E-state index contributed by atoms with van der Waals surface area (Å²) in [5.41, 5.74) is 0.700. The average Bonchev–Trinajstić information content (AvgIpc) is 2.73. The molecule has 1 amide bonds. The zero-order chi connectivity index (χ0) is 13.5. The maximum absolute atomic E-state index is 11.9.